The molecule has 1 aromatic carbocycles. The van der Waals surface area contributed by atoms with Crippen molar-refractivity contribution in [3.05, 3.63) is 36.1 Å². The van der Waals surface area contributed by atoms with E-state index in [0.29, 0.717) is 0 Å². The number of furan rings is 1. The maximum Gasteiger partial charge on any atom is 0.134 e. The largest absolute Gasteiger partial charge is 0.464 e. The first-order valence-electron chi connectivity index (χ1n) is 3.22. The number of benzene rings is 1. The number of rotatable bonds is 0. The summed E-state index contributed by atoms with van der Waals surface area (Å²) in [7, 11) is 0. The summed E-state index contributed by atoms with van der Waals surface area (Å²) in [6.45, 7) is 2.00. The highest BCUT2D eigenvalue weighted by Crippen LogP contribution is 2.15. The van der Waals surface area contributed by atoms with Crippen LogP contribution in [0.15, 0.2) is 28.9 Å². The summed E-state index contributed by atoms with van der Waals surface area (Å²) in [5, 5.41) is 1.12. The Morgan fingerprint density at radius 3 is 3.30 bits per heavy atom. The highest BCUT2D eigenvalue weighted by atomic mass is 16.3. The van der Waals surface area contributed by atoms with Gasteiger partial charge in [0.25, 0.3) is 0 Å². The molecule has 1 radical (unpaired) electrons. The third-order valence-electron chi connectivity index (χ3n) is 1.53. The maximum absolute atomic E-state index is 5.18. The van der Waals surface area contributed by atoms with Crippen molar-refractivity contribution >= 4 is 11.0 Å². The molecule has 0 saturated carbocycles. The number of aryl methyl sites for hydroxylation is 1. The maximum atomic E-state index is 5.18. The van der Waals surface area contributed by atoms with E-state index in [2.05, 4.69) is 6.07 Å². The number of hydrogen-bond donors (Lipinski definition) is 0. The molecule has 0 fully saturated rings. The Hall–Kier alpha value is -1.24. The summed E-state index contributed by atoms with van der Waals surface area (Å²) >= 11 is 0. The Bertz CT molecular complexity index is 346. The molecule has 2 aromatic rings. The molecule has 49 valence electrons. The van der Waals surface area contributed by atoms with E-state index in [1.165, 1.54) is 0 Å². The smallest absolute Gasteiger partial charge is 0.134 e. The number of hydrogen-bond acceptors (Lipinski definition) is 1. The molecule has 0 aliphatic heterocycles. The molecule has 1 heteroatoms. The summed E-state index contributed by atoms with van der Waals surface area (Å²) < 4.78 is 5.18. The van der Waals surface area contributed by atoms with Gasteiger partial charge in [0.2, 0.25) is 0 Å². The Morgan fingerprint density at radius 2 is 2.40 bits per heavy atom. The monoisotopic (exact) mass is 131 g/mol. The predicted octanol–water partition coefficient (Wildman–Crippen LogP) is 2.54. The van der Waals surface area contributed by atoms with Gasteiger partial charge < -0.3 is 4.42 Å². The normalized spacial score (nSPS) is 10.5. The molecule has 0 amide bonds. The van der Waals surface area contributed by atoms with Crippen LogP contribution in [-0.4, -0.2) is 0 Å². The second-order valence-electron chi connectivity index (χ2n) is 2.36. The molecule has 1 heterocycles. The molecular formula is C9H7O. The Balaban J connectivity index is 2.86. The van der Waals surface area contributed by atoms with Gasteiger partial charge in [0.15, 0.2) is 0 Å². The van der Waals surface area contributed by atoms with Gasteiger partial charge >= 0.3 is 0 Å². The van der Waals surface area contributed by atoms with Crippen LogP contribution in [0.5, 0.6) is 0 Å². The topological polar surface area (TPSA) is 13.1 Å². The van der Waals surface area contributed by atoms with Crippen molar-refractivity contribution < 1.29 is 4.42 Å². The van der Waals surface area contributed by atoms with Gasteiger partial charge in [-0.3, -0.25) is 0 Å². The van der Waals surface area contributed by atoms with E-state index in [1.807, 2.05) is 25.1 Å². The van der Waals surface area contributed by atoms with E-state index in [1.54, 1.807) is 6.26 Å². The average Bonchev–Trinajstić information content (AvgIpc) is 2.33. The van der Waals surface area contributed by atoms with Crippen LogP contribution in [0, 0.1) is 13.0 Å². The quantitative estimate of drug-likeness (QED) is 0.535. The predicted molar refractivity (Wildman–Crippen MR) is 39.8 cm³/mol. The highest BCUT2D eigenvalue weighted by Gasteiger charge is 1.93. The Labute approximate surface area is 59.3 Å². The molecule has 1 nitrogen and oxygen atoms in total. The van der Waals surface area contributed by atoms with Gasteiger partial charge in [0.05, 0.1) is 6.26 Å². The second-order valence-corrected chi connectivity index (χ2v) is 2.36. The van der Waals surface area contributed by atoms with Crippen molar-refractivity contribution in [1.82, 2.24) is 0 Å². The third-order valence-corrected chi connectivity index (χ3v) is 1.53. The van der Waals surface area contributed by atoms with Gasteiger partial charge in [-0.25, -0.2) is 0 Å². The van der Waals surface area contributed by atoms with Crippen LogP contribution in [0.4, 0.5) is 0 Å². The molecule has 0 saturated heterocycles. The summed E-state index contributed by atoms with van der Waals surface area (Å²) in [5.41, 5.74) is 2.05. The minimum Gasteiger partial charge on any atom is -0.464 e. The van der Waals surface area contributed by atoms with Crippen LogP contribution < -0.4 is 0 Å². The van der Waals surface area contributed by atoms with Crippen LogP contribution in [0.1, 0.15) is 5.56 Å². The zero-order chi connectivity index (χ0) is 6.97. The van der Waals surface area contributed by atoms with Crippen molar-refractivity contribution in [1.29, 1.82) is 0 Å². The van der Waals surface area contributed by atoms with Gasteiger partial charge in [-0.2, -0.15) is 0 Å². The zero-order valence-electron chi connectivity index (χ0n) is 5.72. The SMILES string of the molecule is Cc1[c]cc2ccoc2c1. The van der Waals surface area contributed by atoms with Gasteiger partial charge in [-0.05, 0) is 36.8 Å². The van der Waals surface area contributed by atoms with Gasteiger partial charge in [0.1, 0.15) is 5.58 Å². The van der Waals surface area contributed by atoms with Crippen molar-refractivity contribution in [2.75, 3.05) is 0 Å². The first-order chi connectivity index (χ1) is 4.86. The lowest BCUT2D eigenvalue weighted by molar-refractivity contribution is 0.615. The minimum atomic E-state index is 0.941. The van der Waals surface area contributed by atoms with E-state index >= 15 is 0 Å². The lowest BCUT2D eigenvalue weighted by atomic mass is 10.2. The molecule has 2 rings (SSSR count). The molecule has 0 atom stereocenters. The van der Waals surface area contributed by atoms with E-state index in [-0.39, 0.29) is 0 Å². The molecule has 0 bridgehead atoms. The first-order valence-corrected chi connectivity index (χ1v) is 3.22. The minimum absolute atomic E-state index is 0.941. The average molecular weight is 131 g/mol. The fourth-order valence-electron chi connectivity index (χ4n) is 0.997. The van der Waals surface area contributed by atoms with Gasteiger partial charge in [0, 0.05) is 5.39 Å². The summed E-state index contributed by atoms with van der Waals surface area (Å²) in [5.74, 6) is 0. The summed E-state index contributed by atoms with van der Waals surface area (Å²) in [6, 6.07) is 8.96. The fraction of sp³-hybridized carbons (Fsp3) is 0.111. The van der Waals surface area contributed by atoms with E-state index in [4.69, 9.17) is 4.42 Å². The van der Waals surface area contributed by atoms with Crippen molar-refractivity contribution in [2.45, 2.75) is 6.92 Å². The fourth-order valence-corrected chi connectivity index (χ4v) is 0.997. The zero-order valence-corrected chi connectivity index (χ0v) is 5.72. The molecule has 0 unspecified atom stereocenters. The lowest BCUT2D eigenvalue weighted by Gasteiger charge is -1.88. The van der Waals surface area contributed by atoms with Crippen LogP contribution in [0.25, 0.3) is 11.0 Å². The molecule has 0 aliphatic rings. The summed E-state index contributed by atoms with van der Waals surface area (Å²) in [6.07, 6.45) is 1.69. The van der Waals surface area contributed by atoms with Crippen LogP contribution in [0.2, 0.25) is 0 Å². The van der Waals surface area contributed by atoms with Crippen LogP contribution >= 0.6 is 0 Å². The van der Waals surface area contributed by atoms with Gasteiger partial charge in [-0.15, -0.1) is 0 Å². The van der Waals surface area contributed by atoms with E-state index < -0.39 is 0 Å². The van der Waals surface area contributed by atoms with Crippen molar-refractivity contribution in [2.24, 2.45) is 0 Å². The summed E-state index contributed by atoms with van der Waals surface area (Å²) in [4.78, 5) is 0. The second kappa shape index (κ2) is 1.87. The standard InChI is InChI=1S/C9H7O/c1-7-2-3-8-4-5-10-9(8)6-7/h3-6H,1H3. The van der Waals surface area contributed by atoms with Crippen molar-refractivity contribution in [3.63, 3.8) is 0 Å². The molecule has 0 spiro atoms. The molecule has 10 heavy (non-hydrogen) atoms. The van der Waals surface area contributed by atoms with Crippen molar-refractivity contribution in [3.8, 4) is 0 Å². The van der Waals surface area contributed by atoms with Gasteiger partial charge in [-0.1, -0.05) is 0 Å². The Kier molecular flexibility index (Phi) is 1.04. The number of fused-ring (bicyclic) bond motifs is 1. The van der Waals surface area contributed by atoms with Crippen LogP contribution in [-0.2, 0) is 0 Å². The third kappa shape index (κ3) is 0.711. The molecular weight excluding hydrogens is 124 g/mol. The van der Waals surface area contributed by atoms with E-state index in [0.717, 1.165) is 16.5 Å². The van der Waals surface area contributed by atoms with Crippen LogP contribution in [0.3, 0.4) is 0 Å². The molecule has 0 aliphatic carbocycles. The van der Waals surface area contributed by atoms with E-state index in [9.17, 15) is 0 Å². The molecule has 1 aromatic heterocycles. The Morgan fingerprint density at radius 1 is 1.50 bits per heavy atom. The first kappa shape index (κ1) is 5.54. The lowest BCUT2D eigenvalue weighted by Crippen LogP contribution is -1.68. The highest BCUT2D eigenvalue weighted by molar-refractivity contribution is 5.77. The molecule has 0 N–H and O–H groups in total.